The quantitative estimate of drug-likeness (QED) is 0.871. The van der Waals surface area contributed by atoms with E-state index in [1.807, 2.05) is 63.2 Å². The van der Waals surface area contributed by atoms with Gasteiger partial charge in [-0.1, -0.05) is 42.5 Å². The molecule has 4 heteroatoms. The molecule has 128 valence electrons. The van der Waals surface area contributed by atoms with Crippen LogP contribution in [0.25, 0.3) is 0 Å². The monoisotopic (exact) mass is 334 g/mol. The minimum absolute atomic E-state index is 0.0610. The molecule has 2 amide bonds. The molecule has 4 nitrogen and oxygen atoms in total. The summed E-state index contributed by atoms with van der Waals surface area (Å²) in [5.41, 5.74) is 2.37. The first-order valence-corrected chi connectivity index (χ1v) is 8.64. The molecule has 2 aliphatic rings. The third-order valence-corrected chi connectivity index (χ3v) is 5.07. The van der Waals surface area contributed by atoms with Crippen molar-refractivity contribution in [2.24, 2.45) is 0 Å². The van der Waals surface area contributed by atoms with Crippen molar-refractivity contribution in [2.45, 2.75) is 44.8 Å². The summed E-state index contributed by atoms with van der Waals surface area (Å²) >= 11 is 0. The molecule has 2 aromatic rings. The van der Waals surface area contributed by atoms with Crippen molar-refractivity contribution < 1.29 is 9.59 Å². The maximum absolute atomic E-state index is 13.4. The Morgan fingerprint density at radius 2 is 1.68 bits per heavy atom. The van der Waals surface area contributed by atoms with Gasteiger partial charge in [-0.25, -0.2) is 0 Å². The zero-order valence-electron chi connectivity index (χ0n) is 14.8. The first-order chi connectivity index (χ1) is 11.8. The Kier molecular flexibility index (Phi) is 3.29. The third kappa shape index (κ3) is 2.28. The van der Waals surface area contributed by atoms with Crippen LogP contribution < -0.4 is 5.32 Å². The van der Waals surface area contributed by atoms with Gasteiger partial charge in [0.1, 0.15) is 0 Å². The third-order valence-electron chi connectivity index (χ3n) is 5.07. The van der Waals surface area contributed by atoms with E-state index in [-0.39, 0.29) is 17.4 Å². The van der Waals surface area contributed by atoms with Crippen molar-refractivity contribution >= 4 is 11.8 Å². The van der Waals surface area contributed by atoms with Gasteiger partial charge in [-0.15, -0.1) is 0 Å². The number of rotatable bonds is 1. The molecule has 0 radical (unpaired) electrons. The highest BCUT2D eigenvalue weighted by Crippen LogP contribution is 2.46. The molecule has 1 N–H and O–H groups in total. The zero-order chi connectivity index (χ0) is 17.8. The van der Waals surface area contributed by atoms with Gasteiger partial charge in [-0.3, -0.25) is 9.59 Å². The Morgan fingerprint density at radius 1 is 1.04 bits per heavy atom. The summed E-state index contributed by atoms with van der Waals surface area (Å²) in [6, 6.07) is 15.6. The largest absolute Gasteiger partial charge is 0.349 e. The van der Waals surface area contributed by atoms with E-state index in [1.54, 1.807) is 4.90 Å². The lowest BCUT2D eigenvalue weighted by Crippen LogP contribution is -2.60. The molecule has 0 aliphatic carbocycles. The minimum atomic E-state index is -0.963. The van der Waals surface area contributed by atoms with Gasteiger partial charge in [0.2, 0.25) is 0 Å². The van der Waals surface area contributed by atoms with Crippen LogP contribution in [0.1, 0.15) is 47.8 Å². The number of hydrogen-bond donors (Lipinski definition) is 1. The summed E-state index contributed by atoms with van der Waals surface area (Å²) in [5, 5.41) is 3.11. The highest BCUT2D eigenvalue weighted by Gasteiger charge is 2.57. The lowest BCUT2D eigenvalue weighted by molar-refractivity contribution is -0.134. The Balaban J connectivity index is 1.92. The molecule has 1 atom stereocenters. The van der Waals surface area contributed by atoms with Crippen molar-refractivity contribution in [3.63, 3.8) is 0 Å². The summed E-state index contributed by atoms with van der Waals surface area (Å²) in [6.07, 6.45) is 0.508. The molecule has 2 aliphatic heterocycles. The molecular weight excluding hydrogens is 312 g/mol. The molecule has 0 saturated carbocycles. The lowest BCUT2D eigenvalue weighted by Gasteiger charge is -2.43. The van der Waals surface area contributed by atoms with Crippen molar-refractivity contribution in [2.75, 3.05) is 0 Å². The maximum atomic E-state index is 13.4. The first-order valence-electron chi connectivity index (χ1n) is 8.64. The summed E-state index contributed by atoms with van der Waals surface area (Å²) in [5.74, 6) is -0.165. The van der Waals surface area contributed by atoms with Gasteiger partial charge in [0, 0.05) is 29.6 Å². The number of hydrogen-bond acceptors (Lipinski definition) is 2. The number of fused-ring (bicyclic) bond motifs is 4. The number of benzene rings is 2. The van der Waals surface area contributed by atoms with Crippen LogP contribution in [-0.2, 0) is 23.3 Å². The number of carbonyl (C=O) groups excluding carboxylic acids is 2. The van der Waals surface area contributed by atoms with E-state index in [0.29, 0.717) is 18.5 Å². The molecule has 0 aromatic heterocycles. The van der Waals surface area contributed by atoms with Gasteiger partial charge < -0.3 is 10.2 Å². The van der Waals surface area contributed by atoms with Crippen LogP contribution in [-0.4, -0.2) is 22.3 Å². The van der Waals surface area contributed by atoms with Crippen LogP contribution in [0.3, 0.4) is 0 Å². The molecule has 2 aromatic carbocycles. The molecule has 0 unspecified atom stereocenters. The molecule has 0 fully saturated rings. The molecule has 25 heavy (non-hydrogen) atoms. The van der Waals surface area contributed by atoms with Crippen LogP contribution >= 0.6 is 0 Å². The second-order valence-electron chi connectivity index (χ2n) is 7.95. The van der Waals surface area contributed by atoms with E-state index in [0.717, 1.165) is 16.7 Å². The Hall–Kier alpha value is -2.62. The van der Waals surface area contributed by atoms with Crippen LogP contribution in [0.4, 0.5) is 0 Å². The maximum Gasteiger partial charge on any atom is 0.255 e. The Morgan fingerprint density at radius 3 is 2.40 bits per heavy atom. The van der Waals surface area contributed by atoms with E-state index in [9.17, 15) is 9.59 Å². The molecular formula is C21H22N2O2. The fraction of sp³-hybridized carbons (Fsp3) is 0.333. The number of nitrogens with one attached hydrogen (secondary N) is 1. The molecule has 0 saturated heterocycles. The fourth-order valence-corrected chi connectivity index (χ4v) is 3.99. The van der Waals surface area contributed by atoms with E-state index >= 15 is 0 Å². The van der Waals surface area contributed by atoms with Crippen molar-refractivity contribution in [3.05, 3.63) is 70.8 Å². The number of nitrogens with zero attached hydrogens (tertiary/aromatic N) is 1. The summed E-state index contributed by atoms with van der Waals surface area (Å²) in [6.45, 7) is 6.35. The lowest BCUT2D eigenvalue weighted by atomic mass is 9.78. The molecule has 2 heterocycles. The predicted octanol–water partition coefficient (Wildman–Crippen LogP) is 3.01. The van der Waals surface area contributed by atoms with Crippen molar-refractivity contribution in [1.82, 2.24) is 10.2 Å². The van der Waals surface area contributed by atoms with Crippen LogP contribution in [0.5, 0.6) is 0 Å². The van der Waals surface area contributed by atoms with Gasteiger partial charge >= 0.3 is 0 Å². The van der Waals surface area contributed by atoms with E-state index in [2.05, 4.69) is 11.4 Å². The van der Waals surface area contributed by atoms with Crippen LogP contribution in [0.15, 0.2) is 48.5 Å². The second-order valence-corrected chi connectivity index (χ2v) is 7.95. The van der Waals surface area contributed by atoms with Crippen LogP contribution in [0.2, 0.25) is 0 Å². The number of carbonyl (C=O) groups is 2. The predicted molar refractivity (Wildman–Crippen MR) is 96.0 cm³/mol. The summed E-state index contributed by atoms with van der Waals surface area (Å²) < 4.78 is 0. The summed E-state index contributed by atoms with van der Waals surface area (Å²) in [7, 11) is 0. The number of amides is 2. The van der Waals surface area contributed by atoms with E-state index in [4.69, 9.17) is 0 Å². The SMILES string of the molecule is CC(C)(C)NC(=O)[C@]12Cc3ccccc3CN1C(=O)c1ccccc12. The zero-order valence-corrected chi connectivity index (χ0v) is 14.8. The van der Waals surface area contributed by atoms with Gasteiger partial charge in [-0.05, 0) is 38.0 Å². The first kappa shape index (κ1) is 15.9. The Bertz CT molecular complexity index is 881. The molecule has 4 rings (SSSR count). The highest BCUT2D eigenvalue weighted by molar-refractivity contribution is 6.07. The van der Waals surface area contributed by atoms with Gasteiger partial charge in [0.25, 0.3) is 11.8 Å². The van der Waals surface area contributed by atoms with Gasteiger partial charge in [0.15, 0.2) is 5.54 Å². The smallest absolute Gasteiger partial charge is 0.255 e. The topological polar surface area (TPSA) is 49.4 Å². The molecule has 0 bridgehead atoms. The normalized spacial score (nSPS) is 21.4. The average Bonchev–Trinajstić information content (AvgIpc) is 2.82. The van der Waals surface area contributed by atoms with E-state index < -0.39 is 5.54 Å². The van der Waals surface area contributed by atoms with Crippen molar-refractivity contribution in [1.29, 1.82) is 0 Å². The molecule has 0 spiro atoms. The average molecular weight is 334 g/mol. The van der Waals surface area contributed by atoms with Crippen molar-refractivity contribution in [3.8, 4) is 0 Å². The van der Waals surface area contributed by atoms with E-state index in [1.165, 1.54) is 0 Å². The van der Waals surface area contributed by atoms with Gasteiger partial charge in [-0.2, -0.15) is 0 Å². The Labute approximate surface area is 147 Å². The second kappa shape index (κ2) is 5.19. The minimum Gasteiger partial charge on any atom is -0.349 e. The fourth-order valence-electron chi connectivity index (χ4n) is 3.99. The highest BCUT2D eigenvalue weighted by atomic mass is 16.2. The van der Waals surface area contributed by atoms with Gasteiger partial charge in [0.05, 0.1) is 0 Å². The summed E-state index contributed by atoms with van der Waals surface area (Å²) in [4.78, 5) is 28.2. The standard InChI is InChI=1S/C21H22N2O2/c1-20(2,3)22-19(25)21-12-14-8-4-5-9-15(14)13-23(21)18(24)16-10-6-7-11-17(16)21/h4-11H,12-13H2,1-3H3,(H,22,25)/t21-/m1/s1. The van der Waals surface area contributed by atoms with Crippen LogP contribution in [0, 0.1) is 0 Å².